The monoisotopic (exact) mass is 250 g/mol. The lowest BCUT2D eigenvalue weighted by molar-refractivity contribution is 0.297. The summed E-state index contributed by atoms with van der Waals surface area (Å²) in [7, 11) is 0. The molecule has 18 heavy (non-hydrogen) atoms. The van der Waals surface area contributed by atoms with Crippen molar-refractivity contribution in [3.8, 4) is 0 Å². The summed E-state index contributed by atoms with van der Waals surface area (Å²) in [6.07, 6.45) is 1.88. The lowest BCUT2D eigenvalue weighted by atomic mass is 9.80. The second kappa shape index (κ2) is 4.96. The smallest absolute Gasteiger partial charge is 0.282 e. The maximum atomic E-state index is 12.9. The van der Waals surface area contributed by atoms with E-state index >= 15 is 0 Å². The Bertz CT molecular complexity index is 440. The number of rotatable bonds is 4. The molecule has 0 radical (unpaired) electrons. The molecular weight excluding hydrogens is 231 g/mol. The quantitative estimate of drug-likeness (QED) is 0.892. The molecule has 3 nitrogen and oxygen atoms in total. The van der Waals surface area contributed by atoms with Crippen LogP contribution in [0, 0.1) is 5.82 Å². The predicted octanol–water partition coefficient (Wildman–Crippen LogP) is 2.60. The number of hydrogen-bond acceptors (Lipinski definition) is 3. The minimum atomic E-state index is -0.198. The topological polar surface area (TPSA) is 47.6 Å². The molecule has 0 saturated carbocycles. The van der Waals surface area contributed by atoms with Gasteiger partial charge < -0.3 is 10.5 Å². The van der Waals surface area contributed by atoms with Crippen LogP contribution in [0.15, 0.2) is 29.3 Å². The number of ether oxygens (including phenoxy) is 1. The second-order valence-electron chi connectivity index (χ2n) is 5.36. The lowest BCUT2D eigenvalue weighted by Gasteiger charge is -2.26. The highest BCUT2D eigenvalue weighted by Gasteiger charge is 2.24. The van der Waals surface area contributed by atoms with Gasteiger partial charge in [0.15, 0.2) is 0 Å². The van der Waals surface area contributed by atoms with E-state index < -0.39 is 0 Å². The SMILES string of the molecule is CC(C)(CCC1COC(N)=N1)c1ccc(F)cc1. The Morgan fingerprint density at radius 2 is 2.06 bits per heavy atom. The van der Waals surface area contributed by atoms with Crippen LogP contribution in [-0.4, -0.2) is 18.7 Å². The van der Waals surface area contributed by atoms with Gasteiger partial charge in [-0.3, -0.25) is 0 Å². The Morgan fingerprint density at radius 1 is 1.39 bits per heavy atom. The molecule has 0 saturated heterocycles. The first-order valence-corrected chi connectivity index (χ1v) is 6.19. The number of halogens is 1. The van der Waals surface area contributed by atoms with Crippen LogP contribution in [0.4, 0.5) is 4.39 Å². The molecule has 0 spiro atoms. The van der Waals surface area contributed by atoms with E-state index in [1.165, 1.54) is 12.1 Å². The van der Waals surface area contributed by atoms with Gasteiger partial charge in [-0.1, -0.05) is 26.0 Å². The van der Waals surface area contributed by atoms with Crippen molar-refractivity contribution >= 4 is 6.02 Å². The minimum absolute atomic E-state index is 0.000567. The summed E-state index contributed by atoms with van der Waals surface area (Å²) >= 11 is 0. The van der Waals surface area contributed by atoms with Gasteiger partial charge in [0.25, 0.3) is 6.02 Å². The van der Waals surface area contributed by atoms with Crippen molar-refractivity contribution < 1.29 is 9.13 Å². The molecule has 0 amide bonds. The summed E-state index contributed by atoms with van der Waals surface area (Å²) in [6.45, 7) is 4.89. The van der Waals surface area contributed by atoms with E-state index in [0.29, 0.717) is 12.6 Å². The van der Waals surface area contributed by atoms with Gasteiger partial charge >= 0.3 is 0 Å². The van der Waals surface area contributed by atoms with E-state index in [1.54, 1.807) is 0 Å². The molecule has 4 heteroatoms. The zero-order chi connectivity index (χ0) is 13.2. The van der Waals surface area contributed by atoms with Crippen molar-refractivity contribution in [2.75, 3.05) is 6.61 Å². The zero-order valence-electron chi connectivity index (χ0n) is 10.8. The van der Waals surface area contributed by atoms with Gasteiger partial charge in [0.1, 0.15) is 12.4 Å². The molecule has 0 aromatic heterocycles. The number of benzene rings is 1. The highest BCUT2D eigenvalue weighted by molar-refractivity contribution is 5.72. The van der Waals surface area contributed by atoms with E-state index in [4.69, 9.17) is 10.5 Å². The van der Waals surface area contributed by atoms with Gasteiger partial charge in [-0.05, 0) is 36.0 Å². The summed E-state index contributed by atoms with van der Waals surface area (Å²) in [5, 5.41) is 0. The Labute approximate surface area is 107 Å². The Hall–Kier alpha value is -1.58. The molecule has 1 atom stereocenters. The van der Waals surface area contributed by atoms with Crippen LogP contribution in [0.25, 0.3) is 0 Å². The van der Waals surface area contributed by atoms with Crippen molar-refractivity contribution in [2.45, 2.75) is 38.1 Å². The molecule has 98 valence electrons. The Kier molecular flexibility index (Phi) is 3.55. The van der Waals surface area contributed by atoms with Gasteiger partial charge in [0.2, 0.25) is 0 Å². The number of nitrogens with zero attached hydrogens (tertiary/aromatic N) is 1. The zero-order valence-corrected chi connectivity index (χ0v) is 10.8. The number of aliphatic imine (C=N–C) groups is 1. The van der Waals surface area contributed by atoms with Crippen LogP contribution in [0.1, 0.15) is 32.3 Å². The van der Waals surface area contributed by atoms with E-state index in [1.807, 2.05) is 12.1 Å². The van der Waals surface area contributed by atoms with Gasteiger partial charge in [-0.2, -0.15) is 0 Å². The van der Waals surface area contributed by atoms with Gasteiger partial charge in [-0.25, -0.2) is 9.38 Å². The average Bonchev–Trinajstić information content (AvgIpc) is 2.73. The standard InChI is InChI=1S/C14H19FN2O/c1-14(2,10-3-5-11(15)6-4-10)8-7-12-9-18-13(16)17-12/h3-6,12H,7-9H2,1-2H3,(H2,16,17). The fourth-order valence-electron chi connectivity index (χ4n) is 2.16. The molecule has 1 unspecified atom stereocenters. The first-order valence-electron chi connectivity index (χ1n) is 6.19. The molecule has 2 N–H and O–H groups in total. The first kappa shape index (κ1) is 12.9. The third-order valence-electron chi connectivity index (χ3n) is 3.46. The summed E-state index contributed by atoms with van der Waals surface area (Å²) in [5.41, 5.74) is 6.62. The highest BCUT2D eigenvalue weighted by Crippen LogP contribution is 2.30. The van der Waals surface area contributed by atoms with Gasteiger partial charge in [-0.15, -0.1) is 0 Å². The Morgan fingerprint density at radius 3 is 2.61 bits per heavy atom. The molecule has 1 aliphatic heterocycles. The fraction of sp³-hybridized carbons (Fsp3) is 0.500. The summed E-state index contributed by atoms with van der Waals surface area (Å²) in [6, 6.07) is 7.15. The molecule has 1 aromatic carbocycles. The van der Waals surface area contributed by atoms with Crippen molar-refractivity contribution in [3.63, 3.8) is 0 Å². The molecule has 0 fully saturated rings. The van der Waals surface area contributed by atoms with E-state index in [-0.39, 0.29) is 17.3 Å². The maximum absolute atomic E-state index is 12.9. The molecule has 0 bridgehead atoms. The molecule has 1 aliphatic rings. The molecule has 1 heterocycles. The van der Waals surface area contributed by atoms with Crippen LogP contribution in [-0.2, 0) is 10.2 Å². The predicted molar refractivity (Wildman–Crippen MR) is 70.0 cm³/mol. The van der Waals surface area contributed by atoms with Crippen molar-refractivity contribution in [3.05, 3.63) is 35.6 Å². The normalized spacial score (nSPS) is 19.5. The maximum Gasteiger partial charge on any atom is 0.282 e. The van der Waals surface area contributed by atoms with Crippen molar-refractivity contribution in [2.24, 2.45) is 10.7 Å². The van der Waals surface area contributed by atoms with Gasteiger partial charge in [0, 0.05) is 0 Å². The molecular formula is C14H19FN2O. The third-order valence-corrected chi connectivity index (χ3v) is 3.46. The first-order chi connectivity index (χ1) is 8.47. The van der Waals surface area contributed by atoms with Crippen LogP contribution in [0.2, 0.25) is 0 Å². The Balaban J connectivity index is 1.96. The summed E-state index contributed by atoms with van der Waals surface area (Å²) in [4.78, 5) is 4.21. The van der Waals surface area contributed by atoms with Crippen LogP contribution in [0.5, 0.6) is 0 Å². The van der Waals surface area contributed by atoms with E-state index in [0.717, 1.165) is 18.4 Å². The second-order valence-corrected chi connectivity index (χ2v) is 5.36. The molecule has 2 rings (SSSR count). The highest BCUT2D eigenvalue weighted by atomic mass is 19.1. The third kappa shape index (κ3) is 3.00. The van der Waals surface area contributed by atoms with E-state index in [9.17, 15) is 4.39 Å². The number of nitrogens with two attached hydrogens (primary N) is 1. The molecule has 1 aromatic rings. The van der Waals surface area contributed by atoms with Crippen LogP contribution in [0.3, 0.4) is 0 Å². The van der Waals surface area contributed by atoms with Crippen molar-refractivity contribution in [1.82, 2.24) is 0 Å². The average molecular weight is 250 g/mol. The fourth-order valence-corrected chi connectivity index (χ4v) is 2.16. The largest absolute Gasteiger partial charge is 0.463 e. The summed E-state index contributed by atoms with van der Waals surface area (Å²) in [5.74, 6) is -0.198. The summed E-state index contributed by atoms with van der Waals surface area (Å²) < 4.78 is 18.0. The van der Waals surface area contributed by atoms with E-state index in [2.05, 4.69) is 18.8 Å². The van der Waals surface area contributed by atoms with Crippen LogP contribution < -0.4 is 5.73 Å². The van der Waals surface area contributed by atoms with Crippen molar-refractivity contribution in [1.29, 1.82) is 0 Å². The number of amidine groups is 1. The lowest BCUT2D eigenvalue weighted by Crippen LogP contribution is -2.20. The van der Waals surface area contributed by atoms with Gasteiger partial charge in [0.05, 0.1) is 6.04 Å². The molecule has 0 aliphatic carbocycles. The number of hydrogen-bond donors (Lipinski definition) is 1. The minimum Gasteiger partial charge on any atom is -0.463 e. The van der Waals surface area contributed by atoms with Crippen LogP contribution >= 0.6 is 0 Å².